The summed E-state index contributed by atoms with van der Waals surface area (Å²) in [7, 11) is 1.82. The zero-order valence-corrected chi connectivity index (χ0v) is 14.3. The largest absolute Gasteiger partial charge is 0.377 e. The van der Waals surface area contributed by atoms with Gasteiger partial charge in [-0.3, -0.25) is 4.79 Å². The number of nitrogens with one attached hydrogen (secondary N) is 1. The van der Waals surface area contributed by atoms with Crippen molar-refractivity contribution in [3.63, 3.8) is 0 Å². The molecule has 23 heavy (non-hydrogen) atoms. The number of rotatable bonds is 3. The van der Waals surface area contributed by atoms with Crippen molar-refractivity contribution < 1.29 is 9.53 Å². The molecule has 0 aliphatic carbocycles. The van der Waals surface area contributed by atoms with Crippen molar-refractivity contribution in [2.24, 2.45) is 0 Å². The zero-order chi connectivity index (χ0) is 16.4. The van der Waals surface area contributed by atoms with Crippen molar-refractivity contribution in [1.29, 1.82) is 0 Å². The van der Waals surface area contributed by atoms with E-state index in [2.05, 4.69) is 15.3 Å². The van der Waals surface area contributed by atoms with Crippen LogP contribution in [0.25, 0.3) is 0 Å². The highest BCUT2D eigenvalue weighted by Crippen LogP contribution is 2.27. The molecule has 1 N–H and O–H groups in total. The topological polar surface area (TPSA) is 67.4 Å². The van der Waals surface area contributed by atoms with Gasteiger partial charge in [-0.2, -0.15) is 0 Å². The lowest BCUT2D eigenvalue weighted by atomic mass is 10.1. The smallest absolute Gasteiger partial charge is 0.264 e. The summed E-state index contributed by atoms with van der Waals surface area (Å²) < 4.78 is 5.59. The molecule has 7 heteroatoms. The maximum absolute atomic E-state index is 12.9. The molecule has 1 atom stereocenters. The first-order valence-corrected chi connectivity index (χ1v) is 8.44. The minimum Gasteiger partial charge on any atom is -0.377 e. The van der Waals surface area contributed by atoms with Crippen molar-refractivity contribution in [3.05, 3.63) is 39.5 Å². The first-order valence-electron chi connectivity index (χ1n) is 7.56. The third kappa shape index (κ3) is 3.20. The molecule has 6 nitrogen and oxygen atoms in total. The Morgan fingerprint density at radius 2 is 2.26 bits per heavy atom. The van der Waals surface area contributed by atoms with Crippen molar-refractivity contribution in [2.45, 2.75) is 19.9 Å². The van der Waals surface area contributed by atoms with E-state index in [1.54, 1.807) is 0 Å². The van der Waals surface area contributed by atoms with Crippen LogP contribution in [0.3, 0.4) is 0 Å². The van der Waals surface area contributed by atoms with Crippen LogP contribution in [-0.2, 0) is 4.74 Å². The summed E-state index contributed by atoms with van der Waals surface area (Å²) in [5.74, 6) is 1.40. The molecule has 1 fully saturated rings. The summed E-state index contributed by atoms with van der Waals surface area (Å²) in [6.45, 7) is 5.39. The Morgan fingerprint density at radius 1 is 1.43 bits per heavy atom. The van der Waals surface area contributed by atoms with E-state index >= 15 is 0 Å². The van der Waals surface area contributed by atoms with Crippen LogP contribution >= 0.6 is 11.3 Å². The number of ether oxygens (including phenoxy) is 1. The summed E-state index contributed by atoms with van der Waals surface area (Å²) in [6.07, 6.45) is 0. The maximum atomic E-state index is 12.9. The Hall–Kier alpha value is -1.99. The number of aryl methyl sites for hydroxylation is 2. The highest BCUT2D eigenvalue weighted by atomic mass is 32.1. The van der Waals surface area contributed by atoms with Crippen molar-refractivity contribution >= 4 is 23.1 Å². The maximum Gasteiger partial charge on any atom is 0.264 e. The molecule has 2 aromatic heterocycles. The van der Waals surface area contributed by atoms with E-state index in [1.165, 1.54) is 11.3 Å². The van der Waals surface area contributed by atoms with E-state index in [4.69, 9.17) is 4.74 Å². The van der Waals surface area contributed by atoms with Crippen LogP contribution in [0.2, 0.25) is 0 Å². The first-order chi connectivity index (χ1) is 11.1. The number of carbonyl (C=O) groups excluding carboxylic acids is 1. The van der Waals surface area contributed by atoms with Gasteiger partial charge in [-0.1, -0.05) is 0 Å². The second-order valence-corrected chi connectivity index (χ2v) is 6.44. The Kier molecular flexibility index (Phi) is 4.58. The van der Waals surface area contributed by atoms with Crippen LogP contribution < -0.4 is 5.32 Å². The Labute approximate surface area is 139 Å². The molecule has 3 heterocycles. The number of hydrogen-bond acceptors (Lipinski definition) is 6. The SMILES string of the molecule is CNc1cc(C)nc(C2COCCN2C(=O)c2sccc2C)n1. The summed E-state index contributed by atoms with van der Waals surface area (Å²) >= 11 is 1.47. The second kappa shape index (κ2) is 6.64. The van der Waals surface area contributed by atoms with Crippen molar-refractivity contribution in [2.75, 3.05) is 32.1 Å². The fraction of sp³-hybridized carbons (Fsp3) is 0.438. The minimum atomic E-state index is -0.259. The van der Waals surface area contributed by atoms with Crippen molar-refractivity contribution in [1.82, 2.24) is 14.9 Å². The van der Waals surface area contributed by atoms with Crippen LogP contribution in [0.4, 0.5) is 5.82 Å². The third-order valence-corrected chi connectivity index (χ3v) is 4.88. The van der Waals surface area contributed by atoms with Gasteiger partial charge in [0.25, 0.3) is 5.91 Å². The van der Waals surface area contributed by atoms with E-state index < -0.39 is 0 Å². The Morgan fingerprint density at radius 3 is 2.96 bits per heavy atom. The number of nitrogens with zero attached hydrogens (tertiary/aromatic N) is 3. The molecule has 122 valence electrons. The molecular weight excluding hydrogens is 312 g/mol. The second-order valence-electron chi connectivity index (χ2n) is 5.52. The molecule has 1 saturated heterocycles. The molecule has 0 saturated carbocycles. The summed E-state index contributed by atoms with van der Waals surface area (Å²) in [5.41, 5.74) is 1.87. The minimum absolute atomic E-state index is 0.0295. The van der Waals surface area contributed by atoms with Crippen molar-refractivity contribution in [3.8, 4) is 0 Å². The lowest BCUT2D eigenvalue weighted by Gasteiger charge is -2.34. The number of thiophene rings is 1. The lowest BCUT2D eigenvalue weighted by molar-refractivity contribution is -0.00500. The highest BCUT2D eigenvalue weighted by molar-refractivity contribution is 7.12. The van der Waals surface area contributed by atoms with Gasteiger partial charge in [-0.05, 0) is 30.9 Å². The molecule has 0 bridgehead atoms. The normalized spacial score (nSPS) is 18.0. The average Bonchev–Trinajstić information content (AvgIpc) is 2.99. The Balaban J connectivity index is 1.94. The fourth-order valence-corrected chi connectivity index (χ4v) is 3.53. The molecule has 0 aromatic carbocycles. The standard InChI is InChI=1S/C16H20N4O2S/c1-10-4-7-23-14(10)16(21)20-5-6-22-9-12(20)15-18-11(2)8-13(17-3)19-15/h4,7-8,12H,5-6,9H2,1-3H3,(H,17,18,19). The molecule has 3 rings (SSSR count). The molecule has 1 aliphatic heterocycles. The van der Waals surface area contributed by atoms with Gasteiger partial charge in [0.1, 0.15) is 11.9 Å². The van der Waals surface area contributed by atoms with Gasteiger partial charge < -0.3 is 15.0 Å². The lowest BCUT2D eigenvalue weighted by Crippen LogP contribution is -2.44. The van der Waals surface area contributed by atoms with Gasteiger partial charge in [0.15, 0.2) is 5.82 Å². The molecular formula is C16H20N4O2S. The molecule has 1 unspecified atom stereocenters. The first kappa shape index (κ1) is 15.9. The van der Waals surface area contributed by atoms with E-state index in [-0.39, 0.29) is 11.9 Å². The van der Waals surface area contributed by atoms with Crippen LogP contribution in [0.5, 0.6) is 0 Å². The van der Waals surface area contributed by atoms with Gasteiger partial charge in [-0.15, -0.1) is 11.3 Å². The quantitative estimate of drug-likeness (QED) is 0.935. The number of carbonyl (C=O) groups is 1. The zero-order valence-electron chi connectivity index (χ0n) is 13.5. The van der Waals surface area contributed by atoms with E-state index in [0.717, 1.165) is 22.0 Å². The number of anilines is 1. The van der Waals surface area contributed by atoms with Crippen LogP contribution in [0.15, 0.2) is 17.5 Å². The molecule has 0 spiro atoms. The van der Waals surface area contributed by atoms with Gasteiger partial charge >= 0.3 is 0 Å². The predicted octanol–water partition coefficient (Wildman–Crippen LogP) is 2.41. The number of morpholine rings is 1. The van der Waals surface area contributed by atoms with Crippen LogP contribution in [0.1, 0.15) is 32.8 Å². The van der Waals surface area contributed by atoms with Crippen LogP contribution in [-0.4, -0.2) is 47.6 Å². The third-order valence-electron chi connectivity index (χ3n) is 3.87. The van der Waals surface area contributed by atoms with Gasteiger partial charge in [0, 0.05) is 25.4 Å². The summed E-state index contributed by atoms with van der Waals surface area (Å²) in [5, 5.41) is 4.98. The summed E-state index contributed by atoms with van der Waals surface area (Å²) in [6, 6.07) is 3.59. The van der Waals surface area contributed by atoms with E-state index in [0.29, 0.717) is 25.6 Å². The number of aromatic nitrogens is 2. The molecule has 2 aromatic rings. The van der Waals surface area contributed by atoms with Crippen LogP contribution in [0, 0.1) is 13.8 Å². The Bertz CT molecular complexity index is 716. The number of amides is 1. The monoisotopic (exact) mass is 332 g/mol. The van der Waals surface area contributed by atoms with E-state index in [9.17, 15) is 4.79 Å². The van der Waals surface area contributed by atoms with Gasteiger partial charge in [-0.25, -0.2) is 9.97 Å². The number of hydrogen-bond donors (Lipinski definition) is 1. The molecule has 1 amide bonds. The highest BCUT2D eigenvalue weighted by Gasteiger charge is 2.32. The fourth-order valence-electron chi connectivity index (χ4n) is 2.65. The predicted molar refractivity (Wildman–Crippen MR) is 90.0 cm³/mol. The summed E-state index contributed by atoms with van der Waals surface area (Å²) in [4.78, 5) is 24.6. The molecule has 1 aliphatic rings. The van der Waals surface area contributed by atoms with Gasteiger partial charge in [0.2, 0.25) is 0 Å². The van der Waals surface area contributed by atoms with Gasteiger partial charge in [0.05, 0.1) is 18.1 Å². The average molecular weight is 332 g/mol. The molecule has 0 radical (unpaired) electrons. The van der Waals surface area contributed by atoms with E-state index in [1.807, 2.05) is 43.3 Å².